The van der Waals surface area contributed by atoms with E-state index in [1.807, 2.05) is 30.5 Å². The third-order valence-electron chi connectivity index (χ3n) is 7.74. The van der Waals surface area contributed by atoms with Gasteiger partial charge in [-0.05, 0) is 65.9 Å². The zero-order chi connectivity index (χ0) is 24.6. The SMILES string of the molecule is CSCC[C@H](NC(=O)[C@@]12C[C@@H](NC(=O)OCC3c4ccccc4-c4ccccc43)C[C@@H]1C2)C(=O)O. The molecular formula is C27H30N2O5S. The van der Waals surface area contributed by atoms with Gasteiger partial charge in [0.05, 0.1) is 5.41 Å². The topological polar surface area (TPSA) is 105 Å². The van der Waals surface area contributed by atoms with E-state index in [-0.39, 0.29) is 30.4 Å². The van der Waals surface area contributed by atoms with E-state index >= 15 is 0 Å². The van der Waals surface area contributed by atoms with Gasteiger partial charge in [0.2, 0.25) is 5.91 Å². The maximum Gasteiger partial charge on any atom is 0.407 e. The van der Waals surface area contributed by atoms with Crippen LogP contribution in [0, 0.1) is 11.3 Å². The van der Waals surface area contributed by atoms with Crippen LogP contribution >= 0.6 is 11.8 Å². The molecule has 2 aromatic rings. The van der Waals surface area contributed by atoms with Crippen LogP contribution in [0.4, 0.5) is 4.79 Å². The molecule has 0 saturated heterocycles. The zero-order valence-corrected chi connectivity index (χ0v) is 20.5. The highest BCUT2D eigenvalue weighted by Crippen LogP contribution is 2.63. The van der Waals surface area contributed by atoms with Crippen LogP contribution in [0.25, 0.3) is 11.1 Å². The highest BCUT2D eigenvalue weighted by atomic mass is 32.2. The summed E-state index contributed by atoms with van der Waals surface area (Å²) in [4.78, 5) is 37.1. The predicted molar refractivity (Wildman–Crippen MR) is 134 cm³/mol. The monoisotopic (exact) mass is 494 g/mol. The minimum Gasteiger partial charge on any atom is -0.480 e. The van der Waals surface area contributed by atoms with E-state index in [0.717, 1.165) is 17.5 Å². The number of carboxylic acids is 1. The van der Waals surface area contributed by atoms with E-state index in [2.05, 4.69) is 34.9 Å². The lowest BCUT2D eigenvalue weighted by molar-refractivity contribution is -0.142. The van der Waals surface area contributed by atoms with Crippen molar-refractivity contribution in [3.63, 3.8) is 0 Å². The number of carbonyl (C=O) groups is 3. The molecule has 0 bridgehead atoms. The van der Waals surface area contributed by atoms with Crippen molar-refractivity contribution in [2.24, 2.45) is 11.3 Å². The summed E-state index contributed by atoms with van der Waals surface area (Å²) >= 11 is 1.55. The van der Waals surface area contributed by atoms with Crippen LogP contribution in [0.1, 0.15) is 42.7 Å². The van der Waals surface area contributed by atoms with Crippen molar-refractivity contribution in [3.05, 3.63) is 59.7 Å². The van der Waals surface area contributed by atoms with E-state index in [4.69, 9.17) is 4.74 Å². The van der Waals surface area contributed by atoms with Gasteiger partial charge in [0.15, 0.2) is 0 Å². The average Bonchev–Trinajstić information content (AvgIpc) is 3.28. The first-order chi connectivity index (χ1) is 16.9. The Morgan fingerprint density at radius 2 is 1.74 bits per heavy atom. The van der Waals surface area contributed by atoms with Crippen LogP contribution in [0.5, 0.6) is 0 Å². The molecule has 184 valence electrons. The Morgan fingerprint density at radius 1 is 1.09 bits per heavy atom. The summed E-state index contributed by atoms with van der Waals surface area (Å²) in [6, 6.07) is 15.4. The smallest absolute Gasteiger partial charge is 0.407 e. The third kappa shape index (κ3) is 4.51. The molecule has 2 aromatic carbocycles. The number of nitrogens with one attached hydrogen (secondary N) is 2. The van der Waals surface area contributed by atoms with Gasteiger partial charge in [-0.3, -0.25) is 4.79 Å². The number of ether oxygens (including phenoxy) is 1. The number of hydrogen-bond donors (Lipinski definition) is 3. The van der Waals surface area contributed by atoms with Gasteiger partial charge in [0.1, 0.15) is 12.6 Å². The van der Waals surface area contributed by atoms with E-state index in [1.54, 1.807) is 11.8 Å². The first-order valence-electron chi connectivity index (χ1n) is 12.1. The molecule has 0 unspecified atom stereocenters. The Kier molecular flexibility index (Phi) is 6.49. The standard InChI is InChI=1S/C27H30N2O5S/c1-35-11-10-23(24(30)31)29-25(32)27-13-16(27)12-17(14-27)28-26(33)34-15-22-20-8-4-2-6-18(20)19-7-3-5-9-21(19)22/h2-9,16-17,22-23H,10-15H2,1H3,(H,28,33)(H,29,32)(H,30,31)/t16-,17+,23+,27+/m1/s1. The molecule has 2 fully saturated rings. The number of carboxylic acid groups (broad SMARTS) is 1. The van der Waals surface area contributed by atoms with Crippen molar-refractivity contribution in [1.29, 1.82) is 0 Å². The Morgan fingerprint density at radius 3 is 2.37 bits per heavy atom. The van der Waals surface area contributed by atoms with Crippen molar-refractivity contribution in [2.75, 3.05) is 18.6 Å². The summed E-state index contributed by atoms with van der Waals surface area (Å²) < 4.78 is 5.65. The predicted octanol–water partition coefficient (Wildman–Crippen LogP) is 4.02. The van der Waals surface area contributed by atoms with E-state index in [9.17, 15) is 19.5 Å². The third-order valence-corrected chi connectivity index (χ3v) is 8.39. The van der Waals surface area contributed by atoms with Crippen molar-refractivity contribution in [3.8, 4) is 11.1 Å². The first kappa shape index (κ1) is 23.7. The molecule has 0 heterocycles. The number of carbonyl (C=O) groups excluding carboxylic acids is 2. The Hall–Kier alpha value is -3.00. The van der Waals surface area contributed by atoms with Gasteiger partial charge in [-0.25, -0.2) is 9.59 Å². The largest absolute Gasteiger partial charge is 0.480 e. The molecule has 7 nitrogen and oxygen atoms in total. The molecule has 0 aromatic heterocycles. The molecule has 0 spiro atoms. The molecule has 8 heteroatoms. The second kappa shape index (κ2) is 9.57. The van der Waals surface area contributed by atoms with Gasteiger partial charge in [-0.15, -0.1) is 0 Å². The number of aliphatic carboxylic acids is 1. The van der Waals surface area contributed by atoms with Crippen molar-refractivity contribution in [1.82, 2.24) is 10.6 Å². The van der Waals surface area contributed by atoms with Gasteiger partial charge < -0.3 is 20.5 Å². The number of fused-ring (bicyclic) bond motifs is 4. The van der Waals surface area contributed by atoms with Crippen LogP contribution in [-0.2, 0) is 14.3 Å². The number of amides is 2. The van der Waals surface area contributed by atoms with Gasteiger partial charge in [-0.2, -0.15) is 11.8 Å². The lowest BCUT2D eigenvalue weighted by Gasteiger charge is -2.21. The van der Waals surface area contributed by atoms with Crippen LogP contribution in [0.3, 0.4) is 0 Å². The normalized spacial score (nSPS) is 24.6. The van der Waals surface area contributed by atoms with Crippen LogP contribution < -0.4 is 10.6 Å². The fourth-order valence-corrected chi connectivity index (χ4v) is 6.36. The molecule has 0 aliphatic heterocycles. The maximum atomic E-state index is 12.9. The molecule has 3 N–H and O–H groups in total. The number of rotatable bonds is 9. The summed E-state index contributed by atoms with van der Waals surface area (Å²) in [5.41, 5.74) is 4.12. The molecular weight excluding hydrogens is 464 g/mol. The molecule has 0 radical (unpaired) electrons. The summed E-state index contributed by atoms with van der Waals surface area (Å²) in [5.74, 6) is -0.368. The number of alkyl carbamates (subject to hydrolysis) is 1. The van der Waals surface area contributed by atoms with Crippen molar-refractivity contribution >= 4 is 29.7 Å². The summed E-state index contributed by atoms with van der Waals surface area (Å²) in [6.07, 6.45) is 3.80. The summed E-state index contributed by atoms with van der Waals surface area (Å²) in [7, 11) is 0. The molecule has 4 atom stereocenters. The first-order valence-corrected chi connectivity index (χ1v) is 13.5. The van der Waals surface area contributed by atoms with Gasteiger partial charge in [0, 0.05) is 12.0 Å². The zero-order valence-electron chi connectivity index (χ0n) is 19.7. The highest BCUT2D eigenvalue weighted by molar-refractivity contribution is 7.98. The second-order valence-electron chi connectivity index (χ2n) is 9.81. The maximum absolute atomic E-state index is 12.9. The lowest BCUT2D eigenvalue weighted by Crippen LogP contribution is -2.45. The molecule has 2 amide bonds. The number of hydrogen-bond acceptors (Lipinski definition) is 5. The van der Waals surface area contributed by atoms with Crippen LogP contribution in [-0.4, -0.2) is 53.8 Å². The highest BCUT2D eigenvalue weighted by Gasteiger charge is 2.65. The van der Waals surface area contributed by atoms with Gasteiger partial charge >= 0.3 is 12.1 Å². The number of benzene rings is 2. The second-order valence-corrected chi connectivity index (χ2v) is 10.8. The van der Waals surface area contributed by atoms with Gasteiger partial charge in [-0.1, -0.05) is 48.5 Å². The van der Waals surface area contributed by atoms with Crippen LogP contribution in [0.2, 0.25) is 0 Å². The minimum absolute atomic E-state index is 0.00325. The molecule has 3 aliphatic carbocycles. The Labute approximate surface area is 209 Å². The molecule has 3 aliphatic rings. The summed E-state index contributed by atoms with van der Waals surface area (Å²) in [6.45, 7) is 0.247. The summed E-state index contributed by atoms with van der Waals surface area (Å²) in [5, 5.41) is 15.1. The van der Waals surface area contributed by atoms with Crippen molar-refractivity contribution in [2.45, 2.75) is 43.7 Å². The van der Waals surface area contributed by atoms with E-state index < -0.39 is 23.5 Å². The average molecular weight is 495 g/mol. The van der Waals surface area contributed by atoms with Gasteiger partial charge in [0.25, 0.3) is 0 Å². The quantitative estimate of drug-likeness (QED) is 0.487. The Balaban J connectivity index is 1.15. The Bertz CT molecular complexity index is 1110. The van der Waals surface area contributed by atoms with Crippen molar-refractivity contribution < 1.29 is 24.2 Å². The molecule has 35 heavy (non-hydrogen) atoms. The fourth-order valence-electron chi connectivity index (χ4n) is 5.89. The minimum atomic E-state index is -1.01. The van der Waals surface area contributed by atoms with Crippen LogP contribution in [0.15, 0.2) is 48.5 Å². The fraction of sp³-hybridized carbons (Fsp3) is 0.444. The molecule has 2 saturated carbocycles. The lowest BCUT2D eigenvalue weighted by atomic mass is 9.98. The number of thioether (sulfide) groups is 1. The van der Waals surface area contributed by atoms with E-state index in [0.29, 0.717) is 25.0 Å². The molecule has 5 rings (SSSR count). The van der Waals surface area contributed by atoms with E-state index in [1.165, 1.54) is 11.1 Å².